The van der Waals surface area contributed by atoms with Crippen LogP contribution in [0.1, 0.15) is 32.6 Å². The third-order valence-corrected chi connectivity index (χ3v) is 3.37. The first-order valence-corrected chi connectivity index (χ1v) is 5.10. The van der Waals surface area contributed by atoms with Crippen molar-refractivity contribution in [3.8, 4) is 0 Å². The van der Waals surface area contributed by atoms with Crippen LogP contribution in [-0.2, 0) is 9.53 Å². The first-order valence-electron chi connectivity index (χ1n) is 5.10. The largest absolute Gasteiger partial charge is 0.465 e. The lowest BCUT2D eigenvalue weighted by Crippen LogP contribution is -2.67. The monoisotopic (exact) mass is 201 g/mol. The summed E-state index contributed by atoms with van der Waals surface area (Å²) in [5.41, 5.74) is 5.07. The topological polar surface area (TPSA) is 52.3 Å². The van der Waals surface area contributed by atoms with Crippen molar-refractivity contribution in [3.63, 3.8) is 0 Å². The number of nitrogens with two attached hydrogens (primary N) is 1. The molecule has 3 nitrogen and oxygen atoms in total. The third kappa shape index (κ3) is 1.32. The highest BCUT2D eigenvalue weighted by molar-refractivity contribution is 5.82. The molecular formula is C10H16FNO2. The van der Waals surface area contributed by atoms with Gasteiger partial charge < -0.3 is 10.5 Å². The van der Waals surface area contributed by atoms with E-state index < -0.39 is 11.7 Å². The van der Waals surface area contributed by atoms with Gasteiger partial charge in [-0.15, -0.1) is 0 Å². The molecule has 2 fully saturated rings. The normalized spacial score (nSPS) is 45.5. The summed E-state index contributed by atoms with van der Waals surface area (Å²) in [5, 5.41) is 0. The molecule has 14 heavy (non-hydrogen) atoms. The number of hydrogen-bond acceptors (Lipinski definition) is 3. The van der Waals surface area contributed by atoms with Gasteiger partial charge in [-0.05, 0) is 38.0 Å². The number of carbonyl (C=O) groups is 1. The van der Waals surface area contributed by atoms with Crippen LogP contribution < -0.4 is 5.73 Å². The molecule has 0 heterocycles. The Morgan fingerprint density at radius 3 is 2.57 bits per heavy atom. The van der Waals surface area contributed by atoms with E-state index in [-0.39, 0.29) is 11.4 Å². The number of rotatable bonds is 2. The van der Waals surface area contributed by atoms with Gasteiger partial charge in [0.2, 0.25) is 0 Å². The summed E-state index contributed by atoms with van der Waals surface area (Å²) in [7, 11) is 0. The van der Waals surface area contributed by atoms with Crippen LogP contribution in [0.3, 0.4) is 0 Å². The van der Waals surface area contributed by atoms with E-state index in [0.717, 1.165) is 0 Å². The number of carbonyl (C=O) groups excluding carboxylic acids is 1. The molecule has 2 rings (SSSR count). The van der Waals surface area contributed by atoms with E-state index in [9.17, 15) is 9.18 Å². The molecule has 0 aliphatic heterocycles. The van der Waals surface area contributed by atoms with E-state index in [0.29, 0.717) is 32.3 Å². The fourth-order valence-electron chi connectivity index (χ4n) is 2.87. The van der Waals surface area contributed by atoms with Crippen LogP contribution in [0.5, 0.6) is 0 Å². The summed E-state index contributed by atoms with van der Waals surface area (Å²) in [6.45, 7) is 2.12. The maximum absolute atomic E-state index is 12.7. The Hall–Kier alpha value is -0.640. The maximum atomic E-state index is 12.7. The fourth-order valence-corrected chi connectivity index (χ4v) is 2.87. The Morgan fingerprint density at radius 2 is 2.14 bits per heavy atom. The highest BCUT2D eigenvalue weighted by Gasteiger charge is 2.62. The van der Waals surface area contributed by atoms with Gasteiger partial charge in [-0.25, -0.2) is 4.39 Å². The van der Waals surface area contributed by atoms with Crippen LogP contribution in [0, 0.1) is 5.41 Å². The molecule has 0 radical (unpaired) electrons. The van der Waals surface area contributed by atoms with Crippen LogP contribution in [0.25, 0.3) is 0 Å². The van der Waals surface area contributed by atoms with Crippen LogP contribution >= 0.6 is 0 Å². The minimum atomic E-state index is -0.823. The van der Waals surface area contributed by atoms with Gasteiger partial charge in [0.25, 0.3) is 0 Å². The highest BCUT2D eigenvalue weighted by Crippen LogP contribution is 2.60. The summed E-state index contributed by atoms with van der Waals surface area (Å²) in [6.07, 6.45) is 1.66. The number of halogens is 1. The second-order valence-corrected chi connectivity index (χ2v) is 4.74. The molecule has 0 aromatic heterocycles. The lowest BCUT2D eigenvalue weighted by atomic mass is 9.48. The van der Waals surface area contributed by atoms with E-state index in [1.807, 2.05) is 0 Å². The standard InChI is InChI=1S/C10H16FNO2/c1-2-14-8(13)10(12)5-9(6-10)3-7(11)4-9/h7H,2-6,12H2,1H3. The molecule has 4 heteroatoms. The quantitative estimate of drug-likeness (QED) is 0.682. The number of ether oxygens (including phenoxy) is 1. The molecule has 0 unspecified atom stereocenters. The van der Waals surface area contributed by atoms with E-state index in [2.05, 4.69) is 0 Å². The molecule has 80 valence electrons. The van der Waals surface area contributed by atoms with Gasteiger partial charge in [0.05, 0.1) is 6.61 Å². The van der Waals surface area contributed by atoms with Gasteiger partial charge in [0, 0.05) is 0 Å². The lowest BCUT2D eigenvalue weighted by Gasteiger charge is -2.58. The molecule has 0 saturated heterocycles. The van der Waals surface area contributed by atoms with Gasteiger partial charge in [-0.1, -0.05) is 0 Å². The van der Waals surface area contributed by atoms with E-state index in [4.69, 9.17) is 10.5 Å². The van der Waals surface area contributed by atoms with E-state index >= 15 is 0 Å². The second kappa shape index (κ2) is 2.92. The Labute approximate surface area is 82.8 Å². The minimum absolute atomic E-state index is 0.0287. The summed E-state index contributed by atoms with van der Waals surface area (Å²) in [6, 6.07) is 0. The van der Waals surface area contributed by atoms with Crippen molar-refractivity contribution >= 4 is 5.97 Å². The molecule has 1 spiro atoms. The van der Waals surface area contributed by atoms with Gasteiger partial charge >= 0.3 is 5.97 Å². The minimum Gasteiger partial charge on any atom is -0.465 e. The van der Waals surface area contributed by atoms with Crippen LogP contribution in [0.4, 0.5) is 4.39 Å². The van der Waals surface area contributed by atoms with Crippen molar-refractivity contribution in [2.75, 3.05) is 6.61 Å². The molecule has 0 aromatic carbocycles. The summed E-state index contributed by atoms with van der Waals surface area (Å²) >= 11 is 0. The zero-order valence-electron chi connectivity index (χ0n) is 8.38. The Balaban J connectivity index is 1.88. The first kappa shape index (κ1) is 9.90. The van der Waals surface area contributed by atoms with Crippen molar-refractivity contribution in [3.05, 3.63) is 0 Å². The lowest BCUT2D eigenvalue weighted by molar-refractivity contribution is -0.169. The molecule has 2 N–H and O–H groups in total. The van der Waals surface area contributed by atoms with Crippen molar-refractivity contribution in [1.29, 1.82) is 0 Å². The SMILES string of the molecule is CCOC(=O)C1(N)CC2(CC(F)C2)C1. The van der Waals surface area contributed by atoms with Crippen LogP contribution in [0.15, 0.2) is 0 Å². The number of alkyl halides is 1. The zero-order chi connectivity index (χ0) is 10.4. The van der Waals surface area contributed by atoms with Crippen LogP contribution in [-0.4, -0.2) is 24.3 Å². The van der Waals surface area contributed by atoms with Crippen molar-refractivity contribution in [2.24, 2.45) is 11.1 Å². The van der Waals surface area contributed by atoms with Crippen molar-refractivity contribution in [1.82, 2.24) is 0 Å². The Morgan fingerprint density at radius 1 is 1.57 bits per heavy atom. The predicted octanol–water partition coefficient (Wildman–Crippen LogP) is 1.16. The molecule has 0 aromatic rings. The molecule has 2 aliphatic rings. The zero-order valence-corrected chi connectivity index (χ0v) is 8.38. The Kier molecular flexibility index (Phi) is 2.07. The van der Waals surface area contributed by atoms with Gasteiger partial charge in [0.1, 0.15) is 11.7 Å². The number of esters is 1. The second-order valence-electron chi connectivity index (χ2n) is 4.74. The predicted molar refractivity (Wildman–Crippen MR) is 49.3 cm³/mol. The molecule has 2 saturated carbocycles. The summed E-state index contributed by atoms with van der Waals surface area (Å²) < 4.78 is 17.6. The smallest absolute Gasteiger partial charge is 0.326 e. The summed E-state index contributed by atoms with van der Waals surface area (Å²) in [4.78, 5) is 11.4. The summed E-state index contributed by atoms with van der Waals surface area (Å²) in [5.74, 6) is -0.326. The average Bonchev–Trinajstić information content (AvgIpc) is 1.99. The van der Waals surface area contributed by atoms with Crippen LogP contribution in [0.2, 0.25) is 0 Å². The molecular weight excluding hydrogens is 185 g/mol. The molecule has 0 amide bonds. The van der Waals surface area contributed by atoms with E-state index in [1.54, 1.807) is 6.92 Å². The molecule has 2 aliphatic carbocycles. The van der Waals surface area contributed by atoms with Crippen molar-refractivity contribution < 1.29 is 13.9 Å². The van der Waals surface area contributed by atoms with E-state index in [1.165, 1.54) is 0 Å². The first-order chi connectivity index (χ1) is 6.50. The average molecular weight is 201 g/mol. The van der Waals surface area contributed by atoms with Gasteiger partial charge in [-0.2, -0.15) is 0 Å². The van der Waals surface area contributed by atoms with Crippen molar-refractivity contribution in [2.45, 2.75) is 44.3 Å². The highest BCUT2D eigenvalue weighted by atomic mass is 19.1. The Bertz CT molecular complexity index is 253. The molecule has 0 atom stereocenters. The van der Waals surface area contributed by atoms with Gasteiger partial charge in [-0.3, -0.25) is 4.79 Å². The fraction of sp³-hybridized carbons (Fsp3) is 0.900. The third-order valence-electron chi connectivity index (χ3n) is 3.37. The maximum Gasteiger partial charge on any atom is 0.326 e. The molecule has 0 bridgehead atoms. The van der Waals surface area contributed by atoms with Gasteiger partial charge in [0.15, 0.2) is 0 Å². The number of hydrogen-bond donors (Lipinski definition) is 1.